The first kappa shape index (κ1) is 10.9. The van der Waals surface area contributed by atoms with Crippen molar-refractivity contribution in [1.82, 2.24) is 10.3 Å². The molecule has 0 aliphatic carbocycles. The van der Waals surface area contributed by atoms with Gasteiger partial charge in [-0.2, -0.15) is 0 Å². The first-order valence-corrected chi connectivity index (χ1v) is 6.01. The second kappa shape index (κ2) is 4.94. The van der Waals surface area contributed by atoms with Crippen LogP contribution in [-0.2, 0) is 0 Å². The highest BCUT2D eigenvalue weighted by Gasteiger charge is 2.15. The van der Waals surface area contributed by atoms with Gasteiger partial charge in [-0.3, -0.25) is 0 Å². The number of pyridine rings is 1. The Balaban J connectivity index is 1.90. The second-order valence-corrected chi connectivity index (χ2v) is 4.74. The Morgan fingerprint density at radius 3 is 3.13 bits per heavy atom. The van der Waals surface area contributed by atoms with Gasteiger partial charge in [-0.25, -0.2) is 4.98 Å². The SMILES string of the molecule is Cc1nc(OCC2CCNC2)ccc1Br. The first-order valence-electron chi connectivity index (χ1n) is 5.22. The number of aromatic nitrogens is 1. The summed E-state index contributed by atoms with van der Waals surface area (Å²) in [5, 5.41) is 3.32. The van der Waals surface area contributed by atoms with E-state index in [9.17, 15) is 0 Å². The summed E-state index contributed by atoms with van der Waals surface area (Å²) >= 11 is 3.42. The van der Waals surface area contributed by atoms with Crippen molar-refractivity contribution < 1.29 is 4.74 Å². The van der Waals surface area contributed by atoms with Gasteiger partial charge in [0.05, 0.1) is 12.3 Å². The fraction of sp³-hybridized carbons (Fsp3) is 0.545. The molecule has 1 aliphatic heterocycles. The largest absolute Gasteiger partial charge is 0.477 e. The number of aryl methyl sites for hydroxylation is 1. The van der Waals surface area contributed by atoms with E-state index in [0.29, 0.717) is 5.92 Å². The maximum absolute atomic E-state index is 5.65. The Hall–Kier alpha value is -0.610. The van der Waals surface area contributed by atoms with Gasteiger partial charge in [0, 0.05) is 23.0 Å². The lowest BCUT2D eigenvalue weighted by Crippen LogP contribution is -2.15. The van der Waals surface area contributed by atoms with Crippen LogP contribution in [0.15, 0.2) is 16.6 Å². The van der Waals surface area contributed by atoms with Gasteiger partial charge in [-0.05, 0) is 41.9 Å². The molecule has 0 bridgehead atoms. The fourth-order valence-electron chi connectivity index (χ4n) is 1.66. The third-order valence-electron chi connectivity index (χ3n) is 2.63. The van der Waals surface area contributed by atoms with E-state index in [1.54, 1.807) is 0 Å². The molecule has 0 radical (unpaired) electrons. The van der Waals surface area contributed by atoms with E-state index in [-0.39, 0.29) is 0 Å². The molecule has 1 aromatic heterocycles. The van der Waals surface area contributed by atoms with Gasteiger partial charge in [0.25, 0.3) is 0 Å². The molecule has 1 N–H and O–H groups in total. The third kappa shape index (κ3) is 2.92. The van der Waals surface area contributed by atoms with Gasteiger partial charge in [-0.15, -0.1) is 0 Å². The molecule has 0 saturated carbocycles. The smallest absolute Gasteiger partial charge is 0.213 e. The lowest BCUT2D eigenvalue weighted by atomic mass is 10.1. The highest BCUT2D eigenvalue weighted by Crippen LogP contribution is 2.18. The molecule has 2 rings (SSSR count). The standard InChI is InChI=1S/C11H15BrN2O/c1-8-10(12)2-3-11(14-8)15-7-9-4-5-13-6-9/h2-3,9,13H,4-7H2,1H3. The summed E-state index contributed by atoms with van der Waals surface area (Å²) in [5.41, 5.74) is 0.969. The van der Waals surface area contributed by atoms with Crippen LogP contribution >= 0.6 is 15.9 Å². The van der Waals surface area contributed by atoms with Gasteiger partial charge < -0.3 is 10.1 Å². The molecule has 0 spiro atoms. The minimum absolute atomic E-state index is 0.635. The van der Waals surface area contributed by atoms with Crippen molar-refractivity contribution in [2.75, 3.05) is 19.7 Å². The van der Waals surface area contributed by atoms with Crippen molar-refractivity contribution >= 4 is 15.9 Å². The number of rotatable bonds is 3. The maximum Gasteiger partial charge on any atom is 0.213 e. The van der Waals surface area contributed by atoms with Crippen LogP contribution in [-0.4, -0.2) is 24.7 Å². The highest BCUT2D eigenvalue weighted by molar-refractivity contribution is 9.10. The van der Waals surface area contributed by atoms with Crippen molar-refractivity contribution in [1.29, 1.82) is 0 Å². The lowest BCUT2D eigenvalue weighted by Gasteiger charge is -2.10. The monoisotopic (exact) mass is 270 g/mol. The van der Waals surface area contributed by atoms with Gasteiger partial charge in [0.1, 0.15) is 0 Å². The van der Waals surface area contributed by atoms with Crippen LogP contribution in [0.25, 0.3) is 0 Å². The average Bonchev–Trinajstić information content (AvgIpc) is 2.73. The molecule has 4 heteroatoms. The molecule has 1 atom stereocenters. The molecule has 1 unspecified atom stereocenters. The number of halogens is 1. The van der Waals surface area contributed by atoms with E-state index in [0.717, 1.165) is 35.7 Å². The molecule has 1 aliphatic rings. The van der Waals surface area contributed by atoms with Gasteiger partial charge in [0.15, 0.2) is 0 Å². The quantitative estimate of drug-likeness (QED) is 0.914. The Labute approximate surface area is 98.4 Å². The number of ether oxygens (including phenoxy) is 1. The molecule has 1 saturated heterocycles. The number of nitrogens with one attached hydrogen (secondary N) is 1. The maximum atomic E-state index is 5.65. The van der Waals surface area contributed by atoms with Crippen LogP contribution in [0.5, 0.6) is 5.88 Å². The zero-order valence-electron chi connectivity index (χ0n) is 8.79. The molecular formula is C11H15BrN2O. The topological polar surface area (TPSA) is 34.1 Å². The van der Waals surface area contributed by atoms with E-state index >= 15 is 0 Å². The number of nitrogens with zero attached hydrogens (tertiary/aromatic N) is 1. The summed E-state index contributed by atoms with van der Waals surface area (Å²) in [6.07, 6.45) is 1.20. The fourth-order valence-corrected chi connectivity index (χ4v) is 1.88. The lowest BCUT2D eigenvalue weighted by molar-refractivity contribution is 0.250. The molecule has 2 heterocycles. The predicted octanol–water partition coefficient (Wildman–Crippen LogP) is 2.14. The number of hydrogen-bond donors (Lipinski definition) is 1. The minimum Gasteiger partial charge on any atom is -0.477 e. The van der Waals surface area contributed by atoms with Gasteiger partial charge in [0.2, 0.25) is 5.88 Å². The van der Waals surface area contributed by atoms with E-state index in [4.69, 9.17) is 4.74 Å². The van der Waals surface area contributed by atoms with E-state index in [1.807, 2.05) is 19.1 Å². The molecule has 82 valence electrons. The highest BCUT2D eigenvalue weighted by atomic mass is 79.9. The summed E-state index contributed by atoms with van der Waals surface area (Å²) in [7, 11) is 0. The summed E-state index contributed by atoms with van der Waals surface area (Å²) < 4.78 is 6.68. The summed E-state index contributed by atoms with van der Waals surface area (Å²) in [5.74, 6) is 1.36. The Morgan fingerprint density at radius 2 is 2.47 bits per heavy atom. The minimum atomic E-state index is 0.635. The Bertz CT molecular complexity index is 337. The zero-order valence-corrected chi connectivity index (χ0v) is 10.4. The summed E-state index contributed by atoms with van der Waals surface area (Å²) in [4.78, 5) is 4.34. The zero-order chi connectivity index (χ0) is 10.7. The van der Waals surface area contributed by atoms with E-state index in [1.165, 1.54) is 6.42 Å². The predicted molar refractivity (Wildman–Crippen MR) is 63.1 cm³/mol. The molecule has 15 heavy (non-hydrogen) atoms. The molecule has 0 aromatic carbocycles. The molecule has 3 nitrogen and oxygen atoms in total. The number of hydrogen-bond acceptors (Lipinski definition) is 3. The van der Waals surface area contributed by atoms with Crippen LogP contribution < -0.4 is 10.1 Å². The molecular weight excluding hydrogens is 256 g/mol. The third-order valence-corrected chi connectivity index (χ3v) is 3.46. The van der Waals surface area contributed by atoms with Gasteiger partial charge in [-0.1, -0.05) is 0 Å². The van der Waals surface area contributed by atoms with Crippen LogP contribution in [0.1, 0.15) is 12.1 Å². The van der Waals surface area contributed by atoms with Crippen molar-refractivity contribution in [2.24, 2.45) is 5.92 Å². The van der Waals surface area contributed by atoms with Crippen LogP contribution in [0.4, 0.5) is 0 Å². The van der Waals surface area contributed by atoms with Crippen LogP contribution in [0.2, 0.25) is 0 Å². The van der Waals surface area contributed by atoms with Crippen molar-refractivity contribution in [3.8, 4) is 5.88 Å². The Morgan fingerprint density at radius 1 is 1.60 bits per heavy atom. The van der Waals surface area contributed by atoms with E-state index < -0.39 is 0 Å². The molecule has 0 amide bonds. The van der Waals surface area contributed by atoms with E-state index in [2.05, 4.69) is 26.2 Å². The Kier molecular flexibility index (Phi) is 3.59. The van der Waals surface area contributed by atoms with Gasteiger partial charge >= 0.3 is 0 Å². The van der Waals surface area contributed by atoms with Crippen molar-refractivity contribution in [3.63, 3.8) is 0 Å². The molecule has 1 fully saturated rings. The normalized spacial score (nSPS) is 20.5. The summed E-state index contributed by atoms with van der Waals surface area (Å²) in [6.45, 7) is 4.91. The van der Waals surface area contributed by atoms with Crippen LogP contribution in [0.3, 0.4) is 0 Å². The first-order chi connectivity index (χ1) is 7.25. The second-order valence-electron chi connectivity index (χ2n) is 3.89. The average molecular weight is 271 g/mol. The van der Waals surface area contributed by atoms with Crippen molar-refractivity contribution in [2.45, 2.75) is 13.3 Å². The summed E-state index contributed by atoms with van der Waals surface area (Å²) in [6, 6.07) is 3.88. The molecule has 1 aromatic rings. The van der Waals surface area contributed by atoms with Crippen molar-refractivity contribution in [3.05, 3.63) is 22.3 Å². The van der Waals surface area contributed by atoms with Crippen LogP contribution in [0, 0.1) is 12.8 Å².